The monoisotopic (exact) mass is 566 g/mol. The van der Waals surface area contributed by atoms with E-state index in [0.717, 1.165) is 0 Å². The summed E-state index contributed by atoms with van der Waals surface area (Å²) < 4.78 is 0. The van der Waals surface area contributed by atoms with E-state index in [1.165, 1.54) is 75.8 Å². The van der Waals surface area contributed by atoms with E-state index in [-0.39, 0.29) is 0 Å². The van der Waals surface area contributed by atoms with Gasteiger partial charge in [0.2, 0.25) is 0 Å². The van der Waals surface area contributed by atoms with Gasteiger partial charge in [-0.05, 0) is 100 Å². The number of hydrogen-bond donors (Lipinski definition) is 0. The molecule has 2 nitrogen and oxygen atoms in total. The fourth-order valence-electron chi connectivity index (χ4n) is 7.09. The van der Waals surface area contributed by atoms with Crippen molar-refractivity contribution < 1.29 is 0 Å². The Hall–Kier alpha value is -4.24. The van der Waals surface area contributed by atoms with E-state index in [0.29, 0.717) is 30.1 Å². The molecule has 0 N–H and O–H groups in total. The Morgan fingerprint density at radius 3 is 1.05 bits per heavy atom. The van der Waals surface area contributed by atoms with Crippen molar-refractivity contribution in [3.8, 4) is 0 Å². The van der Waals surface area contributed by atoms with Gasteiger partial charge in [-0.2, -0.15) is 0 Å². The lowest BCUT2D eigenvalue weighted by Crippen LogP contribution is -2.26. The normalized spacial score (nSPS) is 14.5. The molecule has 0 atom stereocenters. The Kier molecular flexibility index (Phi) is 4.94. The number of rotatable bonds is 4. The van der Waals surface area contributed by atoms with E-state index in [9.17, 15) is 0 Å². The molecule has 0 amide bonds. The highest BCUT2D eigenvalue weighted by Crippen LogP contribution is 2.39. The first-order valence-corrected chi connectivity index (χ1v) is 14.7. The third-order valence-corrected chi connectivity index (χ3v) is 9.79. The second-order valence-electron chi connectivity index (χ2n) is 11.4. The van der Waals surface area contributed by atoms with Gasteiger partial charge in [-0.15, -0.1) is 0 Å². The van der Waals surface area contributed by atoms with Gasteiger partial charge < -0.3 is 9.80 Å². The van der Waals surface area contributed by atoms with Crippen LogP contribution in [0, 0.1) is 0 Å². The highest BCUT2D eigenvalue weighted by Gasteiger charge is 2.27. The number of hydrogen-bond acceptors (Lipinski definition) is 2. The standard InChI is InChI=1S/C37H24Cl2N2/c38-36-37(39)41(20-23-17-30-13-9-26-5-2-6-27-10-14-31(18-23)35(30)33(26)27)21-40(36)19-22-15-28-11-7-24-3-1-4-25-8-12-29(16-22)34(28)32(24)25/h1-18H,19-21H2. The number of benzene rings is 8. The van der Waals surface area contributed by atoms with Crippen molar-refractivity contribution in [2.75, 3.05) is 6.67 Å². The third kappa shape index (κ3) is 3.51. The van der Waals surface area contributed by atoms with Crippen LogP contribution in [-0.4, -0.2) is 16.5 Å². The second-order valence-corrected chi connectivity index (χ2v) is 12.1. The van der Waals surface area contributed by atoms with Crippen molar-refractivity contribution in [3.05, 3.63) is 131 Å². The maximum atomic E-state index is 6.85. The molecule has 0 saturated carbocycles. The van der Waals surface area contributed by atoms with Crippen LogP contribution in [0.3, 0.4) is 0 Å². The Balaban J connectivity index is 1.03. The largest absolute Gasteiger partial charge is 0.338 e. The van der Waals surface area contributed by atoms with Gasteiger partial charge >= 0.3 is 0 Å². The zero-order valence-corrected chi connectivity index (χ0v) is 23.7. The van der Waals surface area contributed by atoms with Crippen LogP contribution in [0.5, 0.6) is 0 Å². The fraction of sp³-hybridized carbons (Fsp3) is 0.0811. The molecular formula is C37H24Cl2N2. The molecule has 0 bridgehead atoms. The van der Waals surface area contributed by atoms with Gasteiger partial charge in [-0.1, -0.05) is 108 Å². The highest BCUT2D eigenvalue weighted by molar-refractivity contribution is 6.39. The number of halogens is 2. The summed E-state index contributed by atoms with van der Waals surface area (Å²) in [4.78, 5) is 4.34. The molecule has 8 aromatic rings. The maximum Gasteiger partial charge on any atom is 0.142 e. The van der Waals surface area contributed by atoms with Crippen LogP contribution in [0.25, 0.3) is 64.6 Å². The van der Waals surface area contributed by atoms with E-state index in [2.05, 4.69) is 119 Å². The maximum absolute atomic E-state index is 6.85. The first kappa shape index (κ1) is 23.5. The van der Waals surface area contributed by atoms with Crippen molar-refractivity contribution in [1.82, 2.24) is 9.80 Å². The quantitative estimate of drug-likeness (QED) is 0.154. The van der Waals surface area contributed by atoms with Crippen molar-refractivity contribution in [3.63, 3.8) is 0 Å². The smallest absolute Gasteiger partial charge is 0.142 e. The summed E-state index contributed by atoms with van der Waals surface area (Å²) in [6, 6.07) is 40.1. The SMILES string of the molecule is ClC1=C(Cl)N(Cc2cc3ccc4cccc5ccc(c2)c3c45)CN1Cc1cc2ccc3cccc4ccc(c1)c2c34. The van der Waals surface area contributed by atoms with Crippen LogP contribution in [0.2, 0.25) is 0 Å². The van der Waals surface area contributed by atoms with Crippen molar-refractivity contribution in [1.29, 1.82) is 0 Å². The predicted molar refractivity (Wildman–Crippen MR) is 175 cm³/mol. The van der Waals surface area contributed by atoms with Gasteiger partial charge in [0.1, 0.15) is 10.3 Å². The molecule has 1 aliphatic heterocycles. The van der Waals surface area contributed by atoms with Crippen LogP contribution in [0.15, 0.2) is 120 Å². The summed E-state index contributed by atoms with van der Waals surface area (Å²) in [7, 11) is 0. The first-order chi connectivity index (χ1) is 20.1. The van der Waals surface area contributed by atoms with Gasteiger partial charge in [-0.25, -0.2) is 0 Å². The number of nitrogens with zero attached hydrogens (tertiary/aromatic N) is 2. The van der Waals surface area contributed by atoms with Crippen LogP contribution in [0.1, 0.15) is 11.1 Å². The molecule has 1 aliphatic rings. The minimum atomic E-state index is 0.606. The predicted octanol–water partition coefficient (Wildman–Crippen LogP) is 10.4. The first-order valence-electron chi connectivity index (χ1n) is 14.0. The van der Waals surface area contributed by atoms with Crippen LogP contribution in [-0.2, 0) is 13.1 Å². The van der Waals surface area contributed by atoms with Gasteiger partial charge in [-0.3, -0.25) is 0 Å². The minimum Gasteiger partial charge on any atom is -0.338 e. The summed E-state index contributed by atoms with van der Waals surface area (Å²) in [5.74, 6) is 0. The van der Waals surface area contributed by atoms with Gasteiger partial charge in [0.25, 0.3) is 0 Å². The molecule has 9 rings (SSSR count). The molecule has 0 aromatic heterocycles. The lowest BCUT2D eigenvalue weighted by molar-refractivity contribution is 0.248. The molecule has 0 saturated heterocycles. The van der Waals surface area contributed by atoms with Gasteiger partial charge in [0.05, 0.1) is 6.67 Å². The Labute approximate surface area is 247 Å². The minimum absolute atomic E-state index is 0.606. The van der Waals surface area contributed by atoms with Crippen molar-refractivity contribution in [2.24, 2.45) is 0 Å². The van der Waals surface area contributed by atoms with E-state index in [1.54, 1.807) is 0 Å². The average molecular weight is 568 g/mol. The summed E-state index contributed by atoms with van der Waals surface area (Å²) in [5.41, 5.74) is 2.45. The molecule has 8 aromatic carbocycles. The third-order valence-electron chi connectivity index (χ3n) is 8.86. The Morgan fingerprint density at radius 2 is 0.707 bits per heavy atom. The molecule has 0 radical (unpaired) electrons. The van der Waals surface area contributed by atoms with E-state index < -0.39 is 0 Å². The molecule has 1 heterocycles. The molecule has 196 valence electrons. The van der Waals surface area contributed by atoms with Gasteiger partial charge in [0, 0.05) is 13.1 Å². The Bertz CT molecular complexity index is 2050. The van der Waals surface area contributed by atoms with Crippen LogP contribution in [0.4, 0.5) is 0 Å². The molecule has 4 heteroatoms. The topological polar surface area (TPSA) is 6.48 Å². The molecule has 0 aliphatic carbocycles. The molecule has 0 unspecified atom stereocenters. The lowest BCUT2D eigenvalue weighted by atomic mass is 9.93. The lowest BCUT2D eigenvalue weighted by Gasteiger charge is -2.23. The molecule has 0 fully saturated rings. The molecular weight excluding hydrogens is 543 g/mol. The van der Waals surface area contributed by atoms with Crippen molar-refractivity contribution >= 4 is 87.8 Å². The van der Waals surface area contributed by atoms with E-state index in [4.69, 9.17) is 23.2 Å². The summed E-state index contributed by atoms with van der Waals surface area (Å²) >= 11 is 13.7. The van der Waals surface area contributed by atoms with E-state index in [1.807, 2.05) is 0 Å². The van der Waals surface area contributed by atoms with Crippen molar-refractivity contribution in [2.45, 2.75) is 13.1 Å². The van der Waals surface area contributed by atoms with Crippen LogP contribution < -0.4 is 0 Å². The summed E-state index contributed by atoms with van der Waals surface area (Å²) in [5, 5.41) is 16.8. The second kappa shape index (κ2) is 8.63. The van der Waals surface area contributed by atoms with E-state index >= 15 is 0 Å². The highest BCUT2D eigenvalue weighted by atomic mass is 35.5. The Morgan fingerprint density at radius 1 is 0.415 bits per heavy atom. The zero-order chi connectivity index (χ0) is 27.2. The average Bonchev–Trinajstić information content (AvgIpc) is 3.25. The zero-order valence-electron chi connectivity index (χ0n) is 22.2. The van der Waals surface area contributed by atoms with Crippen LogP contribution >= 0.6 is 23.2 Å². The fourth-order valence-corrected chi connectivity index (χ4v) is 7.55. The molecule has 41 heavy (non-hydrogen) atoms. The summed E-state index contributed by atoms with van der Waals surface area (Å²) in [6.45, 7) is 2.04. The molecule has 0 spiro atoms. The van der Waals surface area contributed by atoms with Gasteiger partial charge in [0.15, 0.2) is 0 Å². The summed E-state index contributed by atoms with van der Waals surface area (Å²) in [6.07, 6.45) is 0.